The topological polar surface area (TPSA) is 21.6 Å². The summed E-state index contributed by atoms with van der Waals surface area (Å²) in [6.07, 6.45) is 3.93. The number of halogens is 1. The minimum Gasteiger partial charge on any atom is -0.392 e. The molecule has 1 aromatic carbocycles. The molecule has 0 aromatic heterocycles. The van der Waals surface area contributed by atoms with Crippen molar-refractivity contribution in [3.8, 4) is 0 Å². The first kappa shape index (κ1) is 9.22. The van der Waals surface area contributed by atoms with Gasteiger partial charge in [-0.05, 0) is 37.0 Å². The Kier molecular flexibility index (Phi) is 2.17. The number of nitrogens with zero attached hydrogens (tertiary/aromatic N) is 1. The van der Waals surface area contributed by atoms with Gasteiger partial charge in [-0.3, -0.25) is 0 Å². The average molecular weight is 222 g/mol. The molecule has 1 aliphatic heterocycles. The molecule has 2 nitrogen and oxygen atoms in total. The van der Waals surface area contributed by atoms with Crippen LogP contribution in [-0.2, 0) is 4.84 Å². The Hall–Kier alpha value is -1.02. The smallest absolute Gasteiger partial charge is 0.136 e. The van der Waals surface area contributed by atoms with Crippen molar-refractivity contribution < 1.29 is 4.84 Å². The number of oxime groups is 1. The molecule has 1 saturated carbocycles. The molecule has 0 spiro atoms. The summed E-state index contributed by atoms with van der Waals surface area (Å²) in [5.74, 6) is 0.506. The van der Waals surface area contributed by atoms with Crippen molar-refractivity contribution in [3.05, 3.63) is 34.9 Å². The van der Waals surface area contributed by atoms with Gasteiger partial charge in [0, 0.05) is 10.9 Å². The van der Waals surface area contributed by atoms with Crippen LogP contribution in [-0.4, -0.2) is 11.8 Å². The van der Waals surface area contributed by atoms with E-state index in [1.165, 1.54) is 12.8 Å². The number of rotatable bonds is 1. The van der Waals surface area contributed by atoms with E-state index in [0.717, 1.165) is 22.7 Å². The van der Waals surface area contributed by atoms with Crippen molar-refractivity contribution >= 4 is 17.3 Å². The third kappa shape index (κ3) is 1.53. The molecule has 0 radical (unpaired) electrons. The predicted molar refractivity (Wildman–Crippen MR) is 60.2 cm³/mol. The molecular weight excluding hydrogens is 210 g/mol. The van der Waals surface area contributed by atoms with E-state index in [1.54, 1.807) is 0 Å². The van der Waals surface area contributed by atoms with Crippen LogP contribution in [0.25, 0.3) is 0 Å². The molecule has 3 heteroatoms. The molecule has 1 aromatic rings. The van der Waals surface area contributed by atoms with E-state index >= 15 is 0 Å². The molecule has 15 heavy (non-hydrogen) atoms. The third-order valence-electron chi connectivity index (χ3n) is 3.23. The lowest BCUT2D eigenvalue weighted by Gasteiger charge is -2.08. The Balaban J connectivity index is 1.91. The first-order chi connectivity index (χ1) is 7.34. The lowest BCUT2D eigenvalue weighted by molar-refractivity contribution is 0.0746. The molecule has 1 heterocycles. The van der Waals surface area contributed by atoms with Gasteiger partial charge in [0.05, 0.1) is 5.71 Å². The maximum Gasteiger partial charge on any atom is 0.136 e. The quantitative estimate of drug-likeness (QED) is 0.714. The summed E-state index contributed by atoms with van der Waals surface area (Å²) in [6.45, 7) is 0. The standard InChI is InChI=1S/C12H12ClNO/c13-9-6-4-8(5-7-9)12-10-2-1-3-11(10)15-14-12/h4-7,10-11H,1-3H2/t10-,11+/m0/s1. The predicted octanol–water partition coefficient (Wildman–Crippen LogP) is 3.24. The molecule has 0 saturated heterocycles. The average Bonchev–Trinajstić information content (AvgIpc) is 2.80. The van der Waals surface area contributed by atoms with E-state index < -0.39 is 0 Å². The summed E-state index contributed by atoms with van der Waals surface area (Å²) in [7, 11) is 0. The van der Waals surface area contributed by atoms with E-state index in [4.69, 9.17) is 16.4 Å². The van der Waals surface area contributed by atoms with E-state index in [0.29, 0.717) is 12.0 Å². The van der Waals surface area contributed by atoms with E-state index in [2.05, 4.69) is 5.16 Å². The molecule has 0 unspecified atom stereocenters. The summed E-state index contributed by atoms with van der Waals surface area (Å²) in [6, 6.07) is 7.85. The fourth-order valence-corrected chi connectivity index (χ4v) is 2.57. The highest BCUT2D eigenvalue weighted by Crippen LogP contribution is 2.36. The van der Waals surface area contributed by atoms with Gasteiger partial charge in [-0.2, -0.15) is 0 Å². The Morgan fingerprint density at radius 3 is 2.80 bits per heavy atom. The fourth-order valence-electron chi connectivity index (χ4n) is 2.44. The Labute approximate surface area is 93.9 Å². The van der Waals surface area contributed by atoms with Gasteiger partial charge in [0.15, 0.2) is 0 Å². The fraction of sp³-hybridized carbons (Fsp3) is 0.417. The molecule has 1 fully saturated rings. The van der Waals surface area contributed by atoms with Crippen LogP contribution >= 0.6 is 11.6 Å². The van der Waals surface area contributed by atoms with Crippen molar-refractivity contribution in [2.45, 2.75) is 25.4 Å². The Morgan fingerprint density at radius 1 is 1.20 bits per heavy atom. The monoisotopic (exact) mass is 221 g/mol. The SMILES string of the molecule is Clc1ccc(C2=NO[C@@H]3CCC[C@H]23)cc1. The molecule has 2 aliphatic rings. The van der Waals surface area contributed by atoms with E-state index in [-0.39, 0.29) is 0 Å². The largest absolute Gasteiger partial charge is 0.392 e. The van der Waals surface area contributed by atoms with Crippen LogP contribution in [0.2, 0.25) is 5.02 Å². The number of fused-ring (bicyclic) bond motifs is 1. The van der Waals surface area contributed by atoms with Crippen LogP contribution in [0.3, 0.4) is 0 Å². The lowest BCUT2D eigenvalue weighted by Crippen LogP contribution is -2.17. The third-order valence-corrected chi connectivity index (χ3v) is 3.48. The Morgan fingerprint density at radius 2 is 2.00 bits per heavy atom. The van der Waals surface area contributed by atoms with E-state index in [9.17, 15) is 0 Å². The van der Waals surface area contributed by atoms with Gasteiger partial charge in [-0.25, -0.2) is 0 Å². The van der Waals surface area contributed by atoms with Gasteiger partial charge in [0.1, 0.15) is 6.10 Å². The van der Waals surface area contributed by atoms with Crippen molar-refractivity contribution in [1.82, 2.24) is 0 Å². The zero-order valence-corrected chi connectivity index (χ0v) is 9.07. The number of benzene rings is 1. The zero-order chi connectivity index (χ0) is 10.3. The molecular formula is C12H12ClNO. The second-order valence-corrected chi connectivity index (χ2v) is 4.60. The van der Waals surface area contributed by atoms with Gasteiger partial charge in [-0.1, -0.05) is 28.9 Å². The lowest BCUT2D eigenvalue weighted by atomic mass is 9.94. The maximum absolute atomic E-state index is 5.86. The van der Waals surface area contributed by atoms with Crippen molar-refractivity contribution in [2.24, 2.45) is 11.1 Å². The van der Waals surface area contributed by atoms with Crippen LogP contribution in [0.15, 0.2) is 29.4 Å². The molecule has 78 valence electrons. The minimum absolute atomic E-state index is 0.329. The van der Waals surface area contributed by atoms with Crippen molar-refractivity contribution in [2.75, 3.05) is 0 Å². The highest BCUT2D eigenvalue weighted by Gasteiger charge is 2.38. The summed E-state index contributed by atoms with van der Waals surface area (Å²) in [5, 5.41) is 4.96. The molecule has 3 rings (SSSR count). The van der Waals surface area contributed by atoms with Crippen LogP contribution in [0.1, 0.15) is 24.8 Å². The summed E-state index contributed by atoms with van der Waals surface area (Å²) >= 11 is 5.86. The Bertz CT molecular complexity index is 399. The van der Waals surface area contributed by atoms with Crippen LogP contribution in [0.4, 0.5) is 0 Å². The van der Waals surface area contributed by atoms with Gasteiger partial charge in [0.25, 0.3) is 0 Å². The molecule has 0 bridgehead atoms. The summed E-state index contributed by atoms with van der Waals surface area (Å²) in [4.78, 5) is 5.43. The first-order valence-electron chi connectivity index (χ1n) is 5.34. The molecule has 1 aliphatic carbocycles. The molecule has 0 N–H and O–H groups in total. The molecule has 0 amide bonds. The van der Waals surface area contributed by atoms with Gasteiger partial charge >= 0.3 is 0 Å². The minimum atomic E-state index is 0.329. The number of hydrogen-bond acceptors (Lipinski definition) is 2. The van der Waals surface area contributed by atoms with Gasteiger partial charge < -0.3 is 4.84 Å². The second-order valence-electron chi connectivity index (χ2n) is 4.16. The van der Waals surface area contributed by atoms with Crippen LogP contribution < -0.4 is 0 Å². The van der Waals surface area contributed by atoms with Crippen LogP contribution in [0.5, 0.6) is 0 Å². The first-order valence-corrected chi connectivity index (χ1v) is 5.72. The van der Waals surface area contributed by atoms with Crippen molar-refractivity contribution in [3.63, 3.8) is 0 Å². The van der Waals surface area contributed by atoms with Gasteiger partial charge in [-0.15, -0.1) is 0 Å². The maximum atomic E-state index is 5.86. The second kappa shape index (κ2) is 3.53. The number of hydrogen-bond donors (Lipinski definition) is 0. The zero-order valence-electron chi connectivity index (χ0n) is 8.32. The summed E-state index contributed by atoms with van der Waals surface area (Å²) in [5.41, 5.74) is 2.25. The van der Waals surface area contributed by atoms with Gasteiger partial charge in [0.2, 0.25) is 0 Å². The summed E-state index contributed by atoms with van der Waals surface area (Å²) < 4.78 is 0. The van der Waals surface area contributed by atoms with Crippen molar-refractivity contribution in [1.29, 1.82) is 0 Å². The molecule has 2 atom stereocenters. The van der Waals surface area contributed by atoms with Crippen LogP contribution in [0, 0.1) is 5.92 Å². The van der Waals surface area contributed by atoms with E-state index in [1.807, 2.05) is 24.3 Å². The highest BCUT2D eigenvalue weighted by atomic mass is 35.5. The normalized spacial score (nSPS) is 28.5. The highest BCUT2D eigenvalue weighted by molar-refractivity contribution is 6.30.